The molecule has 2 aromatic rings. The van der Waals surface area contributed by atoms with Crippen LogP contribution >= 0.6 is 0 Å². The molecule has 0 aromatic carbocycles. The molecule has 1 N–H and O–H groups in total. The van der Waals surface area contributed by atoms with Gasteiger partial charge in [-0.1, -0.05) is 0 Å². The van der Waals surface area contributed by atoms with Crippen LogP contribution in [0.3, 0.4) is 0 Å². The predicted molar refractivity (Wildman–Crippen MR) is 95.1 cm³/mol. The van der Waals surface area contributed by atoms with Crippen molar-refractivity contribution in [1.29, 1.82) is 0 Å². The van der Waals surface area contributed by atoms with Gasteiger partial charge in [0.2, 0.25) is 5.91 Å². The van der Waals surface area contributed by atoms with Crippen LogP contribution in [0.5, 0.6) is 0 Å². The van der Waals surface area contributed by atoms with Crippen LogP contribution in [0, 0.1) is 5.92 Å². The number of halogens is 1. The molecule has 26 heavy (non-hydrogen) atoms. The highest BCUT2D eigenvalue weighted by atomic mass is 19.1. The summed E-state index contributed by atoms with van der Waals surface area (Å²) in [4.78, 5) is 21.3. The zero-order valence-electron chi connectivity index (χ0n) is 14.7. The molecule has 0 unspecified atom stereocenters. The standard InChI is InChI=1S/C18H23FN6O/c19-13-4-8-23(11-13)18(26)12-9-24(10-12)17-14-1-5-20-6-2-15(14)22-16-3-7-21-25(16)17/h3,7,12-13,20H,1-2,4-6,8-11H2/t13-/m1/s1. The molecule has 0 saturated carbocycles. The van der Waals surface area contributed by atoms with Crippen molar-refractivity contribution >= 4 is 17.4 Å². The Morgan fingerprint density at radius 2 is 2.08 bits per heavy atom. The molecular formula is C18H23FN6O. The fourth-order valence-electron chi connectivity index (χ4n) is 4.32. The first-order chi connectivity index (χ1) is 12.7. The van der Waals surface area contributed by atoms with Crippen LogP contribution in [0.4, 0.5) is 10.2 Å². The Morgan fingerprint density at radius 1 is 1.23 bits per heavy atom. The lowest BCUT2D eigenvalue weighted by Gasteiger charge is -2.42. The number of fused-ring (bicyclic) bond motifs is 2. The van der Waals surface area contributed by atoms with E-state index in [1.165, 1.54) is 5.56 Å². The van der Waals surface area contributed by atoms with Crippen LogP contribution in [0.15, 0.2) is 12.3 Å². The average molecular weight is 358 g/mol. The van der Waals surface area contributed by atoms with E-state index in [2.05, 4.69) is 15.3 Å². The SMILES string of the molecule is O=C(C1CN(c2c3c(nc4ccnn24)CCNCC3)C1)N1CC[C@@H](F)C1. The molecule has 5 rings (SSSR count). The number of anilines is 1. The van der Waals surface area contributed by atoms with Crippen molar-refractivity contribution in [3.05, 3.63) is 23.5 Å². The van der Waals surface area contributed by atoms with Gasteiger partial charge in [0.05, 0.1) is 24.4 Å². The Bertz CT molecular complexity index is 846. The number of nitrogens with one attached hydrogen (secondary N) is 1. The van der Waals surface area contributed by atoms with Gasteiger partial charge in [-0.15, -0.1) is 0 Å². The van der Waals surface area contributed by atoms with Crippen molar-refractivity contribution < 1.29 is 9.18 Å². The third-order valence-corrected chi connectivity index (χ3v) is 5.75. The fraction of sp³-hybridized carbons (Fsp3) is 0.611. The minimum Gasteiger partial charge on any atom is -0.354 e. The van der Waals surface area contributed by atoms with Gasteiger partial charge < -0.3 is 15.1 Å². The molecule has 2 fully saturated rings. The first-order valence-electron chi connectivity index (χ1n) is 9.44. The van der Waals surface area contributed by atoms with Crippen molar-refractivity contribution in [3.8, 4) is 0 Å². The number of alkyl halides is 1. The lowest BCUT2D eigenvalue weighted by atomic mass is 9.97. The Balaban J connectivity index is 1.41. The molecule has 7 nitrogen and oxygen atoms in total. The van der Waals surface area contributed by atoms with E-state index >= 15 is 0 Å². The van der Waals surface area contributed by atoms with Crippen LogP contribution in [-0.2, 0) is 17.6 Å². The van der Waals surface area contributed by atoms with Gasteiger partial charge >= 0.3 is 0 Å². The van der Waals surface area contributed by atoms with Crippen molar-refractivity contribution in [2.75, 3.05) is 44.2 Å². The second-order valence-corrected chi connectivity index (χ2v) is 7.48. The van der Waals surface area contributed by atoms with Crippen LogP contribution in [-0.4, -0.2) is 70.8 Å². The number of rotatable bonds is 2. The van der Waals surface area contributed by atoms with E-state index in [1.54, 1.807) is 11.1 Å². The summed E-state index contributed by atoms with van der Waals surface area (Å²) in [6.07, 6.45) is 3.21. The summed E-state index contributed by atoms with van der Waals surface area (Å²) in [5.74, 6) is 1.13. The number of likely N-dealkylation sites (tertiary alicyclic amines) is 1. The molecule has 5 heterocycles. The minimum atomic E-state index is -0.859. The second-order valence-electron chi connectivity index (χ2n) is 7.48. The summed E-state index contributed by atoms with van der Waals surface area (Å²) in [5, 5.41) is 7.89. The summed E-state index contributed by atoms with van der Waals surface area (Å²) < 4.78 is 15.3. The summed E-state index contributed by atoms with van der Waals surface area (Å²) in [7, 11) is 0. The van der Waals surface area contributed by atoms with Crippen molar-refractivity contribution in [2.24, 2.45) is 5.92 Å². The van der Waals surface area contributed by atoms with Gasteiger partial charge in [-0.2, -0.15) is 9.61 Å². The Morgan fingerprint density at radius 3 is 2.88 bits per heavy atom. The average Bonchev–Trinajstić information content (AvgIpc) is 3.16. The topological polar surface area (TPSA) is 65.8 Å². The maximum absolute atomic E-state index is 13.4. The van der Waals surface area contributed by atoms with E-state index in [-0.39, 0.29) is 18.4 Å². The van der Waals surface area contributed by atoms with Gasteiger partial charge in [-0.3, -0.25) is 4.79 Å². The molecule has 0 aliphatic carbocycles. The van der Waals surface area contributed by atoms with Crippen molar-refractivity contribution in [2.45, 2.75) is 25.4 Å². The predicted octanol–water partition coefficient (Wildman–Crippen LogP) is 0.424. The van der Waals surface area contributed by atoms with E-state index in [0.29, 0.717) is 26.1 Å². The summed E-state index contributed by atoms with van der Waals surface area (Å²) in [6.45, 7) is 4.02. The van der Waals surface area contributed by atoms with Gasteiger partial charge in [-0.25, -0.2) is 9.37 Å². The normalized spacial score (nSPS) is 23.8. The molecule has 3 aliphatic heterocycles. The quantitative estimate of drug-likeness (QED) is 0.843. The molecule has 1 amide bonds. The van der Waals surface area contributed by atoms with Gasteiger partial charge in [0.1, 0.15) is 12.0 Å². The van der Waals surface area contributed by atoms with Crippen LogP contribution < -0.4 is 10.2 Å². The first kappa shape index (κ1) is 16.0. The second kappa shape index (κ2) is 6.19. The number of hydrogen-bond donors (Lipinski definition) is 1. The van der Waals surface area contributed by atoms with E-state index in [4.69, 9.17) is 4.98 Å². The monoisotopic (exact) mass is 358 g/mol. The summed E-state index contributed by atoms with van der Waals surface area (Å²) in [5.41, 5.74) is 3.23. The highest BCUT2D eigenvalue weighted by Crippen LogP contribution is 2.32. The molecule has 8 heteroatoms. The highest BCUT2D eigenvalue weighted by molar-refractivity contribution is 5.82. The molecule has 138 valence electrons. The summed E-state index contributed by atoms with van der Waals surface area (Å²) in [6, 6.07) is 1.93. The number of carbonyl (C=O) groups is 1. The first-order valence-corrected chi connectivity index (χ1v) is 9.44. The van der Waals surface area contributed by atoms with Crippen LogP contribution in [0.2, 0.25) is 0 Å². The number of aromatic nitrogens is 3. The molecule has 0 bridgehead atoms. The Labute approximate surface area is 151 Å². The molecule has 2 saturated heterocycles. The summed E-state index contributed by atoms with van der Waals surface area (Å²) >= 11 is 0. The third-order valence-electron chi connectivity index (χ3n) is 5.75. The largest absolute Gasteiger partial charge is 0.354 e. The maximum atomic E-state index is 13.4. The molecule has 0 radical (unpaired) electrons. The van der Waals surface area contributed by atoms with Gasteiger partial charge in [-0.05, 0) is 19.4 Å². The van der Waals surface area contributed by atoms with Crippen molar-refractivity contribution in [1.82, 2.24) is 24.8 Å². The lowest BCUT2D eigenvalue weighted by molar-refractivity contribution is -0.135. The van der Waals surface area contributed by atoms with Crippen LogP contribution in [0.1, 0.15) is 17.7 Å². The Hall–Kier alpha value is -2.22. The van der Waals surface area contributed by atoms with Gasteiger partial charge in [0.25, 0.3) is 0 Å². The maximum Gasteiger partial charge on any atom is 0.229 e. The number of nitrogens with zero attached hydrogens (tertiary/aromatic N) is 5. The van der Waals surface area contributed by atoms with E-state index in [9.17, 15) is 9.18 Å². The number of hydrogen-bond acceptors (Lipinski definition) is 5. The lowest BCUT2D eigenvalue weighted by Crippen LogP contribution is -2.55. The Kier molecular flexibility index (Phi) is 3.81. The van der Waals surface area contributed by atoms with E-state index in [0.717, 1.165) is 43.1 Å². The van der Waals surface area contributed by atoms with E-state index in [1.807, 2.05) is 10.6 Å². The number of amides is 1. The zero-order valence-corrected chi connectivity index (χ0v) is 14.7. The zero-order chi connectivity index (χ0) is 17.7. The van der Waals surface area contributed by atoms with Crippen molar-refractivity contribution in [3.63, 3.8) is 0 Å². The van der Waals surface area contributed by atoms with Gasteiger partial charge in [0.15, 0.2) is 5.65 Å². The molecule has 2 aromatic heterocycles. The third kappa shape index (κ3) is 2.55. The molecule has 0 spiro atoms. The van der Waals surface area contributed by atoms with E-state index < -0.39 is 6.17 Å². The number of carbonyl (C=O) groups excluding carboxylic acids is 1. The minimum absolute atomic E-state index is 0.0429. The smallest absolute Gasteiger partial charge is 0.229 e. The molecular weight excluding hydrogens is 335 g/mol. The fourth-order valence-corrected chi connectivity index (χ4v) is 4.32. The highest BCUT2D eigenvalue weighted by Gasteiger charge is 2.40. The molecule has 1 atom stereocenters. The molecule has 3 aliphatic rings. The van der Waals surface area contributed by atoms with Crippen LogP contribution in [0.25, 0.3) is 5.65 Å². The van der Waals surface area contributed by atoms with Gasteiger partial charge in [0, 0.05) is 44.2 Å².